The first kappa shape index (κ1) is 18.2. The normalized spacial score (nSPS) is 16.2. The second-order valence-corrected chi connectivity index (χ2v) is 8.60. The summed E-state index contributed by atoms with van der Waals surface area (Å²) in [5.74, 6) is -0.625. The summed E-state index contributed by atoms with van der Waals surface area (Å²) in [5.41, 5.74) is 3.52. The van der Waals surface area contributed by atoms with Crippen LogP contribution in [-0.4, -0.2) is 38.9 Å². The molecule has 1 aliphatic rings. The highest BCUT2D eigenvalue weighted by Gasteiger charge is 2.29. The summed E-state index contributed by atoms with van der Waals surface area (Å²) in [5, 5.41) is -0.185. The molecular weight excluding hydrogens is 363 g/mol. The molecule has 0 atom stereocenters. The van der Waals surface area contributed by atoms with E-state index in [1.807, 2.05) is 0 Å². The van der Waals surface area contributed by atoms with Crippen molar-refractivity contribution in [2.75, 3.05) is 31.1 Å². The third-order valence-corrected chi connectivity index (χ3v) is 6.64. The summed E-state index contributed by atoms with van der Waals surface area (Å²) < 4.78 is 40.2. The summed E-state index contributed by atoms with van der Waals surface area (Å²) in [7, 11) is -3.67. The highest BCUT2D eigenvalue weighted by molar-refractivity contribution is 7.89. The molecule has 0 unspecified atom stereocenters. The molecule has 0 amide bonds. The van der Waals surface area contributed by atoms with Gasteiger partial charge >= 0.3 is 0 Å². The van der Waals surface area contributed by atoms with Crippen LogP contribution in [-0.2, 0) is 10.0 Å². The summed E-state index contributed by atoms with van der Waals surface area (Å²) in [4.78, 5) is 2.22. The molecule has 0 spiro atoms. The van der Waals surface area contributed by atoms with Crippen molar-refractivity contribution >= 4 is 27.3 Å². The molecule has 1 heterocycles. The topological polar surface area (TPSA) is 40.6 Å². The van der Waals surface area contributed by atoms with Gasteiger partial charge in [-0.25, -0.2) is 12.8 Å². The van der Waals surface area contributed by atoms with Gasteiger partial charge in [0.15, 0.2) is 0 Å². The van der Waals surface area contributed by atoms with Crippen LogP contribution in [0.1, 0.15) is 11.1 Å². The second-order valence-electron chi connectivity index (χ2n) is 6.26. The second kappa shape index (κ2) is 6.94. The SMILES string of the molecule is Cc1ccc(N2CCN(S(=O)(=O)c3ccc(F)c(Cl)c3)CC2)c(C)c1. The van der Waals surface area contributed by atoms with Gasteiger partial charge in [0.05, 0.1) is 9.92 Å². The predicted molar refractivity (Wildman–Crippen MR) is 98.3 cm³/mol. The molecular formula is C18H20ClFN2O2S. The lowest BCUT2D eigenvalue weighted by atomic mass is 10.1. The quantitative estimate of drug-likeness (QED) is 0.814. The molecule has 4 nitrogen and oxygen atoms in total. The Hall–Kier alpha value is -1.63. The zero-order chi connectivity index (χ0) is 18.2. The Labute approximate surface area is 152 Å². The number of anilines is 1. The zero-order valence-electron chi connectivity index (χ0n) is 14.2. The number of benzene rings is 2. The number of nitrogens with zero attached hydrogens (tertiary/aromatic N) is 2. The molecule has 1 saturated heterocycles. The fourth-order valence-corrected chi connectivity index (χ4v) is 4.81. The molecule has 0 radical (unpaired) electrons. The zero-order valence-corrected chi connectivity index (χ0v) is 15.7. The van der Waals surface area contributed by atoms with Gasteiger partial charge in [0.25, 0.3) is 0 Å². The van der Waals surface area contributed by atoms with E-state index in [0.29, 0.717) is 26.2 Å². The summed E-state index contributed by atoms with van der Waals surface area (Å²) in [6.45, 7) is 6.09. The Kier molecular flexibility index (Phi) is 5.04. The van der Waals surface area contributed by atoms with E-state index in [9.17, 15) is 12.8 Å². The smallest absolute Gasteiger partial charge is 0.243 e. The molecule has 134 valence electrons. The summed E-state index contributed by atoms with van der Waals surface area (Å²) >= 11 is 5.73. The van der Waals surface area contributed by atoms with Crippen LogP contribution >= 0.6 is 11.6 Å². The van der Waals surface area contributed by atoms with Crippen LogP contribution in [0.4, 0.5) is 10.1 Å². The molecule has 1 aliphatic heterocycles. The highest BCUT2D eigenvalue weighted by Crippen LogP contribution is 2.26. The molecule has 7 heteroatoms. The molecule has 25 heavy (non-hydrogen) atoms. The van der Waals surface area contributed by atoms with Crippen molar-refractivity contribution in [2.24, 2.45) is 0 Å². The number of piperazine rings is 1. The van der Waals surface area contributed by atoms with E-state index in [-0.39, 0.29) is 9.92 Å². The van der Waals surface area contributed by atoms with Crippen LogP contribution in [0, 0.1) is 19.7 Å². The van der Waals surface area contributed by atoms with Crippen molar-refractivity contribution in [1.82, 2.24) is 4.31 Å². The Bertz CT molecular complexity index is 894. The van der Waals surface area contributed by atoms with Gasteiger partial charge in [-0.15, -0.1) is 0 Å². The van der Waals surface area contributed by atoms with E-state index in [2.05, 4.69) is 36.9 Å². The van der Waals surface area contributed by atoms with E-state index < -0.39 is 15.8 Å². The van der Waals surface area contributed by atoms with Gasteiger partial charge in [0.1, 0.15) is 5.82 Å². The molecule has 1 fully saturated rings. The van der Waals surface area contributed by atoms with E-state index >= 15 is 0 Å². The van der Waals surface area contributed by atoms with Gasteiger partial charge < -0.3 is 4.90 Å². The monoisotopic (exact) mass is 382 g/mol. The van der Waals surface area contributed by atoms with Crippen LogP contribution < -0.4 is 4.90 Å². The molecule has 0 bridgehead atoms. The maximum absolute atomic E-state index is 13.3. The fourth-order valence-electron chi connectivity index (χ4n) is 3.12. The minimum atomic E-state index is -3.67. The first-order chi connectivity index (χ1) is 11.8. The summed E-state index contributed by atoms with van der Waals surface area (Å²) in [6.07, 6.45) is 0. The largest absolute Gasteiger partial charge is 0.369 e. The van der Waals surface area contributed by atoms with Crippen molar-refractivity contribution < 1.29 is 12.8 Å². The van der Waals surface area contributed by atoms with E-state index in [1.54, 1.807) is 0 Å². The predicted octanol–water partition coefficient (Wildman–Crippen LogP) is 3.61. The Morgan fingerprint density at radius 2 is 1.68 bits per heavy atom. The number of rotatable bonds is 3. The number of sulfonamides is 1. The first-order valence-corrected chi connectivity index (χ1v) is 9.88. The van der Waals surface area contributed by atoms with Gasteiger partial charge in [-0.1, -0.05) is 29.3 Å². The minimum absolute atomic E-state index is 0.0267. The molecule has 0 saturated carbocycles. The average molecular weight is 383 g/mol. The lowest BCUT2D eigenvalue weighted by molar-refractivity contribution is 0.384. The molecule has 0 aliphatic carbocycles. The number of hydrogen-bond donors (Lipinski definition) is 0. The highest BCUT2D eigenvalue weighted by atomic mass is 35.5. The van der Waals surface area contributed by atoms with Crippen LogP contribution in [0.2, 0.25) is 5.02 Å². The molecule has 3 rings (SSSR count). The van der Waals surface area contributed by atoms with E-state index in [4.69, 9.17) is 11.6 Å². The third kappa shape index (κ3) is 3.66. The van der Waals surface area contributed by atoms with E-state index in [0.717, 1.165) is 11.8 Å². The summed E-state index contributed by atoms with van der Waals surface area (Å²) in [6, 6.07) is 9.77. The molecule has 0 aromatic heterocycles. The van der Waals surface area contributed by atoms with Gasteiger partial charge in [-0.05, 0) is 43.7 Å². The van der Waals surface area contributed by atoms with Crippen LogP contribution in [0.3, 0.4) is 0 Å². The van der Waals surface area contributed by atoms with Crippen molar-refractivity contribution in [2.45, 2.75) is 18.7 Å². The van der Waals surface area contributed by atoms with Gasteiger partial charge in [0, 0.05) is 31.9 Å². The molecule has 2 aromatic rings. The Morgan fingerprint density at radius 1 is 1.00 bits per heavy atom. The Morgan fingerprint density at radius 3 is 2.28 bits per heavy atom. The number of hydrogen-bond acceptors (Lipinski definition) is 3. The van der Waals surface area contributed by atoms with Crippen LogP contribution in [0.15, 0.2) is 41.3 Å². The number of aryl methyl sites for hydroxylation is 2. The van der Waals surface area contributed by atoms with Crippen molar-refractivity contribution in [3.05, 3.63) is 58.4 Å². The van der Waals surface area contributed by atoms with Crippen molar-refractivity contribution in [3.63, 3.8) is 0 Å². The lowest BCUT2D eigenvalue weighted by Gasteiger charge is -2.36. The minimum Gasteiger partial charge on any atom is -0.369 e. The molecule has 2 aromatic carbocycles. The van der Waals surface area contributed by atoms with Gasteiger partial charge in [0.2, 0.25) is 10.0 Å². The standard InChI is InChI=1S/C18H20ClFN2O2S/c1-13-3-6-18(14(2)11-13)21-7-9-22(10-8-21)25(23,24)15-4-5-17(20)16(19)12-15/h3-6,11-12H,7-10H2,1-2H3. The first-order valence-electron chi connectivity index (χ1n) is 8.06. The van der Waals surface area contributed by atoms with Crippen LogP contribution in [0.5, 0.6) is 0 Å². The van der Waals surface area contributed by atoms with E-state index in [1.165, 1.54) is 27.6 Å². The van der Waals surface area contributed by atoms with Gasteiger partial charge in [-0.3, -0.25) is 0 Å². The van der Waals surface area contributed by atoms with Crippen molar-refractivity contribution in [3.8, 4) is 0 Å². The maximum Gasteiger partial charge on any atom is 0.243 e. The number of halogens is 2. The molecule has 0 N–H and O–H groups in total. The average Bonchev–Trinajstić information content (AvgIpc) is 2.57. The van der Waals surface area contributed by atoms with Crippen molar-refractivity contribution in [1.29, 1.82) is 0 Å². The Balaban J connectivity index is 1.76. The van der Waals surface area contributed by atoms with Crippen LogP contribution in [0.25, 0.3) is 0 Å². The third-order valence-electron chi connectivity index (χ3n) is 4.46. The fraction of sp³-hybridized carbons (Fsp3) is 0.333. The maximum atomic E-state index is 13.3. The lowest BCUT2D eigenvalue weighted by Crippen LogP contribution is -2.48. The van der Waals surface area contributed by atoms with Gasteiger partial charge in [-0.2, -0.15) is 4.31 Å².